The minimum absolute atomic E-state index is 0.0127. The Morgan fingerprint density at radius 3 is 3.11 bits per heavy atom. The van der Waals surface area contributed by atoms with Crippen molar-refractivity contribution < 1.29 is 13.9 Å². The van der Waals surface area contributed by atoms with Crippen LogP contribution in [0.25, 0.3) is 0 Å². The fourth-order valence-corrected chi connectivity index (χ4v) is 2.07. The Morgan fingerprint density at radius 1 is 1.56 bits per heavy atom. The SMILES string of the molecule is NCCC1CN(C(=O)c2cccc(F)c2)CCO1. The standard InChI is InChI=1S/C13H17FN2O2/c14-11-3-1-2-10(8-11)13(17)16-6-7-18-12(9-16)4-5-15/h1-3,8,12H,4-7,9,15H2. The molecule has 4 nitrogen and oxygen atoms in total. The second kappa shape index (κ2) is 5.93. The molecule has 98 valence electrons. The lowest BCUT2D eigenvalue weighted by molar-refractivity contribution is -0.0236. The molecular weight excluding hydrogens is 235 g/mol. The summed E-state index contributed by atoms with van der Waals surface area (Å²) < 4.78 is 18.6. The van der Waals surface area contributed by atoms with Gasteiger partial charge in [-0.3, -0.25) is 4.79 Å². The van der Waals surface area contributed by atoms with Crippen molar-refractivity contribution in [3.05, 3.63) is 35.6 Å². The van der Waals surface area contributed by atoms with Crippen molar-refractivity contribution in [1.82, 2.24) is 4.90 Å². The largest absolute Gasteiger partial charge is 0.374 e. The number of carbonyl (C=O) groups is 1. The molecule has 1 heterocycles. The lowest BCUT2D eigenvalue weighted by Crippen LogP contribution is -2.46. The van der Waals surface area contributed by atoms with E-state index >= 15 is 0 Å². The molecule has 0 aliphatic carbocycles. The summed E-state index contributed by atoms with van der Waals surface area (Å²) >= 11 is 0. The molecule has 2 rings (SSSR count). The van der Waals surface area contributed by atoms with Gasteiger partial charge in [0, 0.05) is 18.7 Å². The van der Waals surface area contributed by atoms with Crippen LogP contribution in [0.5, 0.6) is 0 Å². The normalized spacial score (nSPS) is 19.9. The van der Waals surface area contributed by atoms with Gasteiger partial charge in [0.25, 0.3) is 5.91 Å². The number of morpholine rings is 1. The Balaban J connectivity index is 2.04. The number of rotatable bonds is 3. The van der Waals surface area contributed by atoms with E-state index in [1.165, 1.54) is 12.1 Å². The topological polar surface area (TPSA) is 55.6 Å². The zero-order valence-electron chi connectivity index (χ0n) is 10.1. The summed E-state index contributed by atoms with van der Waals surface area (Å²) in [5, 5.41) is 0. The molecule has 2 N–H and O–H groups in total. The van der Waals surface area contributed by atoms with Crippen LogP contribution in [-0.4, -0.2) is 43.2 Å². The average molecular weight is 252 g/mol. The summed E-state index contributed by atoms with van der Waals surface area (Å²) in [7, 11) is 0. The third-order valence-electron chi connectivity index (χ3n) is 2.99. The quantitative estimate of drug-likeness (QED) is 0.873. The van der Waals surface area contributed by atoms with Gasteiger partial charge < -0.3 is 15.4 Å². The first-order valence-electron chi connectivity index (χ1n) is 6.07. The van der Waals surface area contributed by atoms with Crippen LogP contribution in [0.3, 0.4) is 0 Å². The van der Waals surface area contributed by atoms with Crippen LogP contribution in [0.2, 0.25) is 0 Å². The van der Waals surface area contributed by atoms with Crippen LogP contribution < -0.4 is 5.73 Å². The maximum atomic E-state index is 13.1. The molecule has 1 aliphatic heterocycles. The molecule has 0 saturated carbocycles. The highest BCUT2D eigenvalue weighted by atomic mass is 19.1. The Bertz CT molecular complexity index is 423. The van der Waals surface area contributed by atoms with Gasteiger partial charge in [-0.05, 0) is 31.2 Å². The van der Waals surface area contributed by atoms with Gasteiger partial charge in [-0.25, -0.2) is 4.39 Å². The number of nitrogens with zero attached hydrogens (tertiary/aromatic N) is 1. The Labute approximate surface area is 106 Å². The summed E-state index contributed by atoms with van der Waals surface area (Å²) in [6.07, 6.45) is 0.716. The van der Waals surface area contributed by atoms with Crippen molar-refractivity contribution in [3.63, 3.8) is 0 Å². The maximum absolute atomic E-state index is 13.1. The third-order valence-corrected chi connectivity index (χ3v) is 2.99. The zero-order valence-corrected chi connectivity index (χ0v) is 10.1. The number of nitrogens with two attached hydrogens (primary N) is 1. The molecule has 5 heteroatoms. The molecule has 1 saturated heterocycles. The van der Waals surface area contributed by atoms with E-state index in [-0.39, 0.29) is 12.0 Å². The van der Waals surface area contributed by atoms with Crippen molar-refractivity contribution >= 4 is 5.91 Å². The molecule has 0 aromatic heterocycles. The van der Waals surface area contributed by atoms with Gasteiger partial charge in [0.05, 0.1) is 12.7 Å². The van der Waals surface area contributed by atoms with E-state index in [9.17, 15) is 9.18 Å². The lowest BCUT2D eigenvalue weighted by Gasteiger charge is -2.32. The van der Waals surface area contributed by atoms with Gasteiger partial charge in [0.1, 0.15) is 5.82 Å². The molecule has 1 atom stereocenters. The molecule has 0 radical (unpaired) electrons. The first kappa shape index (κ1) is 13.0. The van der Waals surface area contributed by atoms with Gasteiger partial charge in [-0.1, -0.05) is 6.07 Å². The predicted molar refractivity (Wildman–Crippen MR) is 65.7 cm³/mol. The van der Waals surface area contributed by atoms with E-state index in [1.54, 1.807) is 17.0 Å². The lowest BCUT2D eigenvalue weighted by atomic mass is 10.1. The van der Waals surface area contributed by atoms with Gasteiger partial charge in [0.15, 0.2) is 0 Å². The summed E-state index contributed by atoms with van der Waals surface area (Å²) in [6, 6.07) is 5.75. The molecule has 1 aromatic carbocycles. The Hall–Kier alpha value is -1.46. The molecule has 1 fully saturated rings. The molecule has 1 aromatic rings. The maximum Gasteiger partial charge on any atom is 0.254 e. The molecule has 1 amide bonds. The summed E-state index contributed by atoms with van der Waals surface area (Å²) in [5.74, 6) is -0.549. The summed E-state index contributed by atoms with van der Waals surface area (Å²) in [4.78, 5) is 13.9. The molecule has 1 unspecified atom stereocenters. The minimum atomic E-state index is -0.396. The van der Waals surface area contributed by atoms with Crippen LogP contribution in [0.1, 0.15) is 16.8 Å². The van der Waals surface area contributed by atoms with Crippen LogP contribution in [0.15, 0.2) is 24.3 Å². The molecule has 18 heavy (non-hydrogen) atoms. The van der Waals surface area contributed by atoms with E-state index in [2.05, 4.69) is 0 Å². The van der Waals surface area contributed by atoms with E-state index in [4.69, 9.17) is 10.5 Å². The van der Waals surface area contributed by atoms with Gasteiger partial charge >= 0.3 is 0 Å². The summed E-state index contributed by atoms with van der Waals surface area (Å²) in [6.45, 7) is 2.10. The van der Waals surface area contributed by atoms with Crippen LogP contribution in [-0.2, 0) is 4.74 Å². The number of hydrogen-bond acceptors (Lipinski definition) is 3. The highest BCUT2D eigenvalue weighted by Gasteiger charge is 2.24. The molecule has 0 bridgehead atoms. The first-order valence-corrected chi connectivity index (χ1v) is 6.07. The fourth-order valence-electron chi connectivity index (χ4n) is 2.07. The monoisotopic (exact) mass is 252 g/mol. The molecule has 0 spiro atoms. The zero-order chi connectivity index (χ0) is 13.0. The van der Waals surface area contributed by atoms with E-state index in [1.807, 2.05) is 0 Å². The van der Waals surface area contributed by atoms with Crippen molar-refractivity contribution in [2.24, 2.45) is 5.73 Å². The number of halogens is 1. The van der Waals surface area contributed by atoms with Crippen molar-refractivity contribution in [2.75, 3.05) is 26.2 Å². The van der Waals surface area contributed by atoms with Crippen LogP contribution in [0, 0.1) is 5.82 Å². The van der Waals surface area contributed by atoms with E-state index in [0.29, 0.717) is 31.8 Å². The van der Waals surface area contributed by atoms with Crippen LogP contribution >= 0.6 is 0 Å². The highest BCUT2D eigenvalue weighted by molar-refractivity contribution is 5.94. The predicted octanol–water partition coefficient (Wildman–Crippen LogP) is 1.02. The smallest absolute Gasteiger partial charge is 0.254 e. The third kappa shape index (κ3) is 3.05. The van der Waals surface area contributed by atoms with Crippen molar-refractivity contribution in [3.8, 4) is 0 Å². The number of ether oxygens (including phenoxy) is 1. The van der Waals surface area contributed by atoms with Crippen molar-refractivity contribution in [2.45, 2.75) is 12.5 Å². The second-order valence-electron chi connectivity index (χ2n) is 4.33. The second-order valence-corrected chi connectivity index (χ2v) is 4.33. The number of hydrogen-bond donors (Lipinski definition) is 1. The van der Waals surface area contributed by atoms with E-state index in [0.717, 1.165) is 6.42 Å². The van der Waals surface area contributed by atoms with Crippen molar-refractivity contribution in [1.29, 1.82) is 0 Å². The Kier molecular flexibility index (Phi) is 4.28. The van der Waals surface area contributed by atoms with E-state index < -0.39 is 5.82 Å². The van der Waals surface area contributed by atoms with Gasteiger partial charge in [-0.15, -0.1) is 0 Å². The molecule has 1 aliphatic rings. The van der Waals surface area contributed by atoms with Gasteiger partial charge in [-0.2, -0.15) is 0 Å². The number of amides is 1. The minimum Gasteiger partial charge on any atom is -0.374 e. The molecular formula is C13H17FN2O2. The summed E-state index contributed by atoms with van der Waals surface area (Å²) in [5.41, 5.74) is 5.86. The fraction of sp³-hybridized carbons (Fsp3) is 0.462. The highest BCUT2D eigenvalue weighted by Crippen LogP contribution is 2.13. The van der Waals surface area contributed by atoms with Crippen LogP contribution in [0.4, 0.5) is 4.39 Å². The number of carbonyl (C=O) groups excluding carboxylic acids is 1. The Morgan fingerprint density at radius 2 is 2.39 bits per heavy atom. The number of benzene rings is 1. The first-order chi connectivity index (χ1) is 8.70. The van der Waals surface area contributed by atoms with Gasteiger partial charge in [0.2, 0.25) is 0 Å². The average Bonchev–Trinajstić information content (AvgIpc) is 2.39.